The van der Waals surface area contributed by atoms with Gasteiger partial charge in [0, 0.05) is 0 Å². The maximum absolute atomic E-state index is 10.9. The molecule has 0 spiro atoms. The van der Waals surface area contributed by atoms with Gasteiger partial charge in [-0.3, -0.25) is 0 Å². The Balaban J connectivity index is 1.70. The van der Waals surface area contributed by atoms with Crippen LogP contribution in [0.3, 0.4) is 0 Å². The number of carboxylic acids is 1. The zero-order valence-corrected chi connectivity index (χ0v) is 11.2. The van der Waals surface area contributed by atoms with E-state index < -0.39 is 12.1 Å². The van der Waals surface area contributed by atoms with E-state index in [-0.39, 0.29) is 11.7 Å². The number of hydrogen-bond acceptors (Lipinski definition) is 4. The lowest BCUT2D eigenvalue weighted by molar-refractivity contribution is -0.0231. The van der Waals surface area contributed by atoms with E-state index >= 15 is 0 Å². The van der Waals surface area contributed by atoms with Crippen LogP contribution in [-0.4, -0.2) is 41.5 Å². The van der Waals surface area contributed by atoms with Gasteiger partial charge < -0.3 is 20.3 Å². The molecule has 2 fully saturated rings. The fourth-order valence-electron chi connectivity index (χ4n) is 3.26. The number of ether oxygens (including phenoxy) is 1. The Morgan fingerprint density at radius 2 is 2.00 bits per heavy atom. The van der Waals surface area contributed by atoms with Gasteiger partial charge in [0.1, 0.15) is 11.9 Å². The fourth-order valence-corrected chi connectivity index (χ4v) is 3.26. The minimum atomic E-state index is -0.973. The van der Waals surface area contributed by atoms with Crippen molar-refractivity contribution in [3.8, 4) is 5.75 Å². The Bertz CT molecular complexity index is 504. The molecule has 1 aliphatic heterocycles. The molecule has 1 aromatic carbocycles. The molecule has 108 valence electrons. The van der Waals surface area contributed by atoms with Crippen LogP contribution in [0.2, 0.25) is 0 Å². The number of hydrogen-bond donors (Lipinski definition) is 3. The van der Waals surface area contributed by atoms with Crippen molar-refractivity contribution in [2.45, 2.75) is 25.0 Å². The lowest BCUT2D eigenvalue weighted by Crippen LogP contribution is -2.42. The van der Waals surface area contributed by atoms with Gasteiger partial charge in [-0.1, -0.05) is 6.07 Å². The number of benzene rings is 1. The normalized spacial score (nSPS) is 32.6. The summed E-state index contributed by atoms with van der Waals surface area (Å²) in [4.78, 5) is 10.9. The minimum Gasteiger partial charge on any atom is -0.488 e. The van der Waals surface area contributed by atoms with Gasteiger partial charge in [-0.2, -0.15) is 0 Å². The first-order valence-electron chi connectivity index (χ1n) is 7.02. The van der Waals surface area contributed by atoms with Gasteiger partial charge in [0.15, 0.2) is 0 Å². The van der Waals surface area contributed by atoms with E-state index in [4.69, 9.17) is 9.84 Å². The number of aliphatic hydroxyl groups is 1. The van der Waals surface area contributed by atoms with Crippen molar-refractivity contribution in [1.29, 1.82) is 0 Å². The third-order valence-corrected chi connectivity index (χ3v) is 4.36. The van der Waals surface area contributed by atoms with Crippen molar-refractivity contribution < 1.29 is 19.7 Å². The van der Waals surface area contributed by atoms with Gasteiger partial charge in [-0.05, 0) is 56.0 Å². The summed E-state index contributed by atoms with van der Waals surface area (Å²) in [6.07, 6.45) is 0.835. The molecule has 5 nitrogen and oxygen atoms in total. The second kappa shape index (κ2) is 5.42. The monoisotopic (exact) mass is 277 g/mol. The highest BCUT2D eigenvalue weighted by Gasteiger charge is 2.39. The first kappa shape index (κ1) is 13.4. The molecule has 1 aliphatic carbocycles. The van der Waals surface area contributed by atoms with Crippen LogP contribution >= 0.6 is 0 Å². The summed E-state index contributed by atoms with van der Waals surface area (Å²) in [6.45, 7) is 1.95. The van der Waals surface area contributed by atoms with Gasteiger partial charge in [0.05, 0.1) is 11.7 Å². The Hall–Kier alpha value is -1.59. The standard InChI is InChI=1S/C15H19NO4/c17-13-5-10-7-16-8-11(10)6-14(13)20-12-3-1-2-9(4-12)15(18)19/h1-4,10-11,13-14,16-17H,5-8H2,(H,18,19)/t10-,11+,13+,14+/m0/s1. The first-order valence-corrected chi connectivity index (χ1v) is 7.02. The van der Waals surface area contributed by atoms with E-state index in [2.05, 4.69) is 5.32 Å². The number of carbonyl (C=O) groups is 1. The van der Waals surface area contributed by atoms with Crippen LogP contribution in [0.5, 0.6) is 5.75 Å². The molecule has 4 atom stereocenters. The van der Waals surface area contributed by atoms with E-state index in [1.807, 2.05) is 0 Å². The highest BCUT2D eigenvalue weighted by Crippen LogP contribution is 2.34. The van der Waals surface area contributed by atoms with E-state index in [0.717, 1.165) is 25.9 Å². The minimum absolute atomic E-state index is 0.202. The molecule has 5 heteroatoms. The molecule has 1 saturated heterocycles. The summed E-state index contributed by atoms with van der Waals surface area (Å²) < 4.78 is 5.83. The molecule has 0 amide bonds. The molecule has 1 aromatic rings. The van der Waals surface area contributed by atoms with Crippen molar-refractivity contribution in [2.75, 3.05) is 13.1 Å². The largest absolute Gasteiger partial charge is 0.488 e. The Morgan fingerprint density at radius 3 is 2.75 bits per heavy atom. The zero-order valence-electron chi connectivity index (χ0n) is 11.2. The van der Waals surface area contributed by atoms with Crippen molar-refractivity contribution in [1.82, 2.24) is 5.32 Å². The van der Waals surface area contributed by atoms with Crippen LogP contribution in [0.15, 0.2) is 24.3 Å². The van der Waals surface area contributed by atoms with Crippen LogP contribution in [-0.2, 0) is 0 Å². The van der Waals surface area contributed by atoms with Gasteiger partial charge in [-0.15, -0.1) is 0 Å². The maximum atomic E-state index is 10.9. The SMILES string of the molecule is O=C(O)c1cccc(O[C@@H]2C[C@@H]3CNC[C@@H]3C[C@H]2O)c1. The predicted octanol–water partition coefficient (Wildman–Crippen LogP) is 1.12. The molecule has 1 saturated carbocycles. The zero-order chi connectivity index (χ0) is 14.1. The first-order chi connectivity index (χ1) is 9.63. The number of fused-ring (bicyclic) bond motifs is 1. The molecule has 20 heavy (non-hydrogen) atoms. The number of nitrogens with one attached hydrogen (secondary N) is 1. The van der Waals surface area contributed by atoms with Crippen LogP contribution in [0, 0.1) is 11.8 Å². The van der Waals surface area contributed by atoms with Gasteiger partial charge >= 0.3 is 5.97 Å². The number of aliphatic hydroxyl groups excluding tert-OH is 1. The van der Waals surface area contributed by atoms with Crippen LogP contribution in [0.1, 0.15) is 23.2 Å². The third-order valence-electron chi connectivity index (χ3n) is 4.36. The average molecular weight is 277 g/mol. The molecule has 1 heterocycles. The molecule has 0 aromatic heterocycles. The van der Waals surface area contributed by atoms with Crippen molar-refractivity contribution >= 4 is 5.97 Å². The lowest BCUT2D eigenvalue weighted by atomic mass is 9.78. The molecule has 0 radical (unpaired) electrons. The Labute approximate surface area is 117 Å². The summed E-state index contributed by atoms with van der Waals surface area (Å²) in [5, 5.41) is 22.5. The highest BCUT2D eigenvalue weighted by molar-refractivity contribution is 5.87. The molecule has 2 aliphatic rings. The van der Waals surface area contributed by atoms with E-state index in [1.165, 1.54) is 12.1 Å². The second-order valence-corrected chi connectivity index (χ2v) is 5.71. The molecule has 0 bridgehead atoms. The Morgan fingerprint density at radius 1 is 1.25 bits per heavy atom. The quantitative estimate of drug-likeness (QED) is 0.771. The fraction of sp³-hybridized carbons (Fsp3) is 0.533. The number of rotatable bonds is 3. The smallest absolute Gasteiger partial charge is 0.335 e. The number of carboxylic acid groups (broad SMARTS) is 1. The molecule has 0 unspecified atom stereocenters. The highest BCUT2D eigenvalue weighted by atomic mass is 16.5. The third kappa shape index (κ3) is 2.64. The molecular formula is C15H19NO4. The van der Waals surface area contributed by atoms with Crippen molar-refractivity contribution in [3.63, 3.8) is 0 Å². The summed E-state index contributed by atoms with van der Waals surface area (Å²) >= 11 is 0. The Kier molecular flexibility index (Phi) is 3.63. The topological polar surface area (TPSA) is 78.8 Å². The van der Waals surface area contributed by atoms with Crippen LogP contribution in [0.25, 0.3) is 0 Å². The summed E-state index contributed by atoms with van der Waals surface area (Å²) in [7, 11) is 0. The second-order valence-electron chi connectivity index (χ2n) is 5.71. The summed E-state index contributed by atoms with van der Waals surface area (Å²) in [5.41, 5.74) is 0.202. The predicted molar refractivity (Wildman–Crippen MR) is 72.9 cm³/mol. The molecule has 3 N–H and O–H groups in total. The van der Waals surface area contributed by atoms with E-state index in [0.29, 0.717) is 17.6 Å². The summed E-state index contributed by atoms with van der Waals surface area (Å²) in [6, 6.07) is 6.43. The summed E-state index contributed by atoms with van der Waals surface area (Å²) in [5.74, 6) is 0.624. The lowest BCUT2D eigenvalue weighted by Gasteiger charge is -2.35. The van der Waals surface area contributed by atoms with Gasteiger partial charge in [0.2, 0.25) is 0 Å². The molecular weight excluding hydrogens is 258 g/mol. The van der Waals surface area contributed by atoms with Gasteiger partial charge in [0.25, 0.3) is 0 Å². The van der Waals surface area contributed by atoms with E-state index in [1.54, 1.807) is 12.1 Å². The van der Waals surface area contributed by atoms with E-state index in [9.17, 15) is 9.90 Å². The molecule has 3 rings (SSSR count). The van der Waals surface area contributed by atoms with Crippen molar-refractivity contribution in [3.05, 3.63) is 29.8 Å². The van der Waals surface area contributed by atoms with Crippen LogP contribution in [0.4, 0.5) is 0 Å². The number of aromatic carboxylic acids is 1. The maximum Gasteiger partial charge on any atom is 0.335 e. The van der Waals surface area contributed by atoms with Crippen molar-refractivity contribution in [2.24, 2.45) is 11.8 Å². The average Bonchev–Trinajstić information content (AvgIpc) is 2.86. The van der Waals surface area contributed by atoms with Gasteiger partial charge in [-0.25, -0.2) is 4.79 Å². The van der Waals surface area contributed by atoms with Crippen LogP contribution < -0.4 is 10.1 Å².